The SMILES string of the molecule is CCOC(=O)C(=O)N1C=C(I)C=C(NC(=O)OCc2ccccc2)C1. The third kappa shape index (κ3) is 5.89. The van der Waals surface area contributed by atoms with Crippen LogP contribution in [0.5, 0.6) is 0 Å². The van der Waals surface area contributed by atoms with Crippen molar-refractivity contribution in [2.75, 3.05) is 13.2 Å². The molecule has 0 unspecified atom stereocenters. The van der Waals surface area contributed by atoms with Crippen molar-refractivity contribution < 1.29 is 23.9 Å². The number of hydrogen-bond acceptors (Lipinski definition) is 5. The molecule has 0 aliphatic carbocycles. The van der Waals surface area contributed by atoms with E-state index in [0.717, 1.165) is 5.56 Å². The molecule has 2 rings (SSSR count). The molecule has 2 amide bonds. The van der Waals surface area contributed by atoms with Crippen LogP contribution in [0.25, 0.3) is 0 Å². The fourth-order valence-corrected chi connectivity index (χ4v) is 2.75. The minimum atomic E-state index is -0.934. The van der Waals surface area contributed by atoms with E-state index >= 15 is 0 Å². The molecule has 1 aliphatic heterocycles. The first-order valence-corrected chi connectivity index (χ1v) is 8.60. The number of carbonyl (C=O) groups is 3. The Morgan fingerprint density at radius 3 is 2.60 bits per heavy atom. The van der Waals surface area contributed by atoms with E-state index in [2.05, 4.69) is 5.32 Å². The first kappa shape index (κ1) is 19.0. The molecule has 8 heteroatoms. The Balaban J connectivity index is 1.91. The highest BCUT2D eigenvalue weighted by molar-refractivity contribution is 14.1. The van der Waals surface area contributed by atoms with Crippen LogP contribution >= 0.6 is 22.6 Å². The third-order valence-corrected chi connectivity index (χ3v) is 3.71. The molecule has 0 bridgehead atoms. The lowest BCUT2D eigenvalue weighted by molar-refractivity contribution is -0.158. The van der Waals surface area contributed by atoms with Gasteiger partial charge in [-0.25, -0.2) is 9.59 Å². The van der Waals surface area contributed by atoms with Gasteiger partial charge in [0.25, 0.3) is 0 Å². The second kappa shape index (κ2) is 9.21. The zero-order valence-corrected chi connectivity index (χ0v) is 15.7. The van der Waals surface area contributed by atoms with Crippen molar-refractivity contribution in [2.45, 2.75) is 13.5 Å². The molecule has 7 nitrogen and oxygen atoms in total. The molecule has 1 aromatic rings. The van der Waals surface area contributed by atoms with Crippen molar-refractivity contribution in [2.24, 2.45) is 0 Å². The van der Waals surface area contributed by atoms with Crippen molar-refractivity contribution in [3.8, 4) is 0 Å². The lowest BCUT2D eigenvalue weighted by Crippen LogP contribution is -2.40. The van der Waals surface area contributed by atoms with E-state index in [9.17, 15) is 14.4 Å². The maximum absolute atomic E-state index is 12.0. The molecule has 132 valence electrons. The van der Waals surface area contributed by atoms with Gasteiger partial charge >= 0.3 is 18.0 Å². The summed E-state index contributed by atoms with van der Waals surface area (Å²) in [5.41, 5.74) is 1.31. The summed E-state index contributed by atoms with van der Waals surface area (Å²) in [7, 11) is 0. The predicted octanol–water partition coefficient (Wildman–Crippen LogP) is 2.48. The van der Waals surface area contributed by atoms with Crippen molar-refractivity contribution in [1.29, 1.82) is 0 Å². The Kier molecular flexibility index (Phi) is 6.99. The van der Waals surface area contributed by atoms with E-state index in [1.54, 1.807) is 13.0 Å². The summed E-state index contributed by atoms with van der Waals surface area (Å²) in [4.78, 5) is 36.7. The molecule has 25 heavy (non-hydrogen) atoms. The molecular weight excluding hydrogens is 439 g/mol. The number of ether oxygens (including phenoxy) is 2. The van der Waals surface area contributed by atoms with Gasteiger partial charge in [-0.05, 0) is 41.2 Å². The predicted molar refractivity (Wildman–Crippen MR) is 98.3 cm³/mol. The lowest BCUT2D eigenvalue weighted by Gasteiger charge is -2.23. The average molecular weight is 456 g/mol. The number of amides is 2. The number of benzene rings is 1. The molecule has 0 fully saturated rings. The van der Waals surface area contributed by atoms with Gasteiger partial charge in [0.2, 0.25) is 0 Å². The smallest absolute Gasteiger partial charge is 0.411 e. The van der Waals surface area contributed by atoms with E-state index in [1.165, 1.54) is 11.1 Å². The van der Waals surface area contributed by atoms with Gasteiger partial charge in [0.05, 0.1) is 13.2 Å². The van der Waals surface area contributed by atoms with Crippen LogP contribution in [0.3, 0.4) is 0 Å². The van der Waals surface area contributed by atoms with Gasteiger partial charge in [-0.3, -0.25) is 10.1 Å². The topological polar surface area (TPSA) is 84.9 Å². The van der Waals surface area contributed by atoms with Gasteiger partial charge in [-0.1, -0.05) is 30.3 Å². The van der Waals surface area contributed by atoms with Gasteiger partial charge < -0.3 is 14.4 Å². The number of rotatable bonds is 4. The number of nitrogens with zero attached hydrogens (tertiary/aromatic N) is 1. The Morgan fingerprint density at radius 2 is 1.92 bits per heavy atom. The lowest BCUT2D eigenvalue weighted by atomic mass is 10.2. The largest absolute Gasteiger partial charge is 0.459 e. The van der Waals surface area contributed by atoms with Crippen LogP contribution in [0.4, 0.5) is 4.79 Å². The highest BCUT2D eigenvalue weighted by Gasteiger charge is 2.25. The van der Waals surface area contributed by atoms with Crippen LogP contribution in [-0.2, 0) is 25.7 Å². The molecule has 1 N–H and O–H groups in total. The molecule has 1 aliphatic rings. The molecule has 0 spiro atoms. The van der Waals surface area contributed by atoms with Gasteiger partial charge in [0.1, 0.15) is 6.61 Å². The Morgan fingerprint density at radius 1 is 1.20 bits per heavy atom. The van der Waals surface area contributed by atoms with Gasteiger partial charge in [-0.15, -0.1) is 0 Å². The second-order valence-corrected chi connectivity index (χ2v) is 6.27. The molecular formula is C17H17IN2O5. The average Bonchev–Trinajstić information content (AvgIpc) is 2.60. The van der Waals surface area contributed by atoms with E-state index < -0.39 is 18.0 Å². The zero-order valence-electron chi connectivity index (χ0n) is 13.5. The summed E-state index contributed by atoms with van der Waals surface area (Å²) in [6.07, 6.45) is 2.57. The standard InChI is InChI=1S/C17H17IN2O5/c1-2-24-16(22)15(21)20-9-13(18)8-14(10-20)19-17(23)25-11-12-6-4-3-5-7-12/h3-9H,2,10-11H2,1H3,(H,19,23). The fourth-order valence-electron chi connectivity index (χ4n) is 2.03. The fraction of sp³-hybridized carbons (Fsp3) is 0.235. The molecule has 1 aromatic carbocycles. The van der Waals surface area contributed by atoms with Gasteiger partial charge in [-0.2, -0.15) is 0 Å². The van der Waals surface area contributed by atoms with E-state index in [-0.39, 0.29) is 19.8 Å². The van der Waals surface area contributed by atoms with Crippen molar-refractivity contribution in [3.05, 3.63) is 57.4 Å². The summed E-state index contributed by atoms with van der Waals surface area (Å²) < 4.78 is 10.5. The Hall–Kier alpha value is -2.36. The monoisotopic (exact) mass is 456 g/mol. The molecule has 1 heterocycles. The number of esters is 1. The molecule has 0 saturated heterocycles. The van der Waals surface area contributed by atoms with Crippen molar-refractivity contribution in [3.63, 3.8) is 0 Å². The van der Waals surface area contributed by atoms with E-state index in [1.807, 2.05) is 52.9 Å². The summed E-state index contributed by atoms with van der Waals surface area (Å²) in [6, 6.07) is 9.27. The summed E-state index contributed by atoms with van der Waals surface area (Å²) in [5.74, 6) is -1.73. The van der Waals surface area contributed by atoms with Gasteiger partial charge in [0.15, 0.2) is 0 Å². The first-order chi connectivity index (χ1) is 12.0. The Bertz CT molecular complexity index is 715. The van der Waals surface area contributed by atoms with Crippen molar-refractivity contribution >= 4 is 40.6 Å². The number of carbonyl (C=O) groups excluding carboxylic acids is 3. The highest BCUT2D eigenvalue weighted by Crippen LogP contribution is 2.18. The quantitative estimate of drug-likeness (QED) is 0.428. The van der Waals surface area contributed by atoms with Crippen LogP contribution in [0.1, 0.15) is 12.5 Å². The number of nitrogens with one attached hydrogen (secondary N) is 1. The van der Waals surface area contributed by atoms with Gasteiger partial charge in [0, 0.05) is 15.5 Å². The molecule has 0 aromatic heterocycles. The van der Waals surface area contributed by atoms with Crippen LogP contribution < -0.4 is 5.32 Å². The molecule has 0 radical (unpaired) electrons. The third-order valence-electron chi connectivity index (χ3n) is 3.12. The van der Waals surface area contributed by atoms with Crippen LogP contribution in [-0.4, -0.2) is 36.0 Å². The van der Waals surface area contributed by atoms with E-state index in [0.29, 0.717) is 9.28 Å². The minimum Gasteiger partial charge on any atom is -0.459 e. The maximum Gasteiger partial charge on any atom is 0.411 e. The highest BCUT2D eigenvalue weighted by atomic mass is 127. The number of alkyl carbamates (subject to hydrolysis) is 1. The molecule has 0 saturated carbocycles. The van der Waals surface area contributed by atoms with Crippen LogP contribution in [0.15, 0.2) is 51.9 Å². The second-order valence-electron chi connectivity index (χ2n) is 5.02. The number of allylic oxidation sites excluding steroid dienone is 2. The number of hydrogen-bond donors (Lipinski definition) is 1. The molecule has 0 atom stereocenters. The van der Waals surface area contributed by atoms with Crippen LogP contribution in [0, 0.1) is 0 Å². The summed E-state index contributed by atoms with van der Waals surface area (Å²) >= 11 is 1.99. The normalized spacial score (nSPS) is 13.4. The van der Waals surface area contributed by atoms with Crippen LogP contribution in [0.2, 0.25) is 0 Å². The number of halogens is 1. The summed E-state index contributed by atoms with van der Waals surface area (Å²) in [5, 5.41) is 2.58. The zero-order chi connectivity index (χ0) is 18.2. The Labute approximate surface area is 158 Å². The first-order valence-electron chi connectivity index (χ1n) is 7.53. The maximum atomic E-state index is 12.0. The van der Waals surface area contributed by atoms with E-state index in [4.69, 9.17) is 9.47 Å². The minimum absolute atomic E-state index is 0.0462. The van der Waals surface area contributed by atoms with Crippen molar-refractivity contribution in [1.82, 2.24) is 10.2 Å². The summed E-state index contributed by atoms with van der Waals surface area (Å²) in [6.45, 7) is 1.92.